The topological polar surface area (TPSA) is 237 Å². The lowest BCUT2D eigenvalue weighted by Gasteiger charge is -2.36. The number of sulfonamides is 1. The van der Waals surface area contributed by atoms with Gasteiger partial charge in [-0.1, -0.05) is 13.8 Å². The van der Waals surface area contributed by atoms with Gasteiger partial charge in [0.25, 0.3) is 5.91 Å². The van der Waals surface area contributed by atoms with Crippen LogP contribution in [-0.2, 0) is 29.2 Å². The van der Waals surface area contributed by atoms with Gasteiger partial charge in [-0.3, -0.25) is 29.2 Å². The molecule has 17 nitrogen and oxygen atoms in total. The normalized spacial score (nSPS) is 17.0. The Morgan fingerprint density at radius 2 is 1.18 bits per heavy atom. The highest BCUT2D eigenvalue weighted by Crippen LogP contribution is 2.18. The van der Waals surface area contributed by atoms with Gasteiger partial charge in [0.1, 0.15) is 6.04 Å². The number of nitrogens with one attached hydrogen (secondary N) is 1. The second-order valence-corrected chi connectivity index (χ2v) is 14.1. The summed E-state index contributed by atoms with van der Waals surface area (Å²) in [5.74, 6) is -5.67. The van der Waals surface area contributed by atoms with E-state index in [-0.39, 0.29) is 82.2 Å². The van der Waals surface area contributed by atoms with E-state index in [9.17, 15) is 52.8 Å². The Morgan fingerprint density at radius 1 is 0.760 bits per heavy atom. The molecule has 1 aromatic carbocycles. The van der Waals surface area contributed by atoms with E-state index in [1.807, 2.05) is 13.8 Å². The zero-order valence-corrected chi connectivity index (χ0v) is 29.6. The second-order valence-electron chi connectivity index (χ2n) is 12.2. The fourth-order valence-corrected chi connectivity index (χ4v) is 7.35. The van der Waals surface area contributed by atoms with Crippen LogP contribution in [0.15, 0.2) is 29.2 Å². The number of amides is 1. The minimum absolute atomic E-state index is 0.0811. The van der Waals surface area contributed by atoms with Crippen LogP contribution in [0.1, 0.15) is 49.9 Å². The third kappa shape index (κ3) is 14.7. The highest BCUT2D eigenvalue weighted by Gasteiger charge is 2.27. The van der Waals surface area contributed by atoms with Crippen molar-refractivity contribution < 1.29 is 52.8 Å². The number of carbonyl (C=O) groups excluding carboxylic acids is 4. The standard InChI is InChI=1S/C32H52N6O11S/c1-3-12-38(13-4-2)50(48,49)26-9-7-25(8-10-26)31(45)33-11-5-6-27(32(46)47)37-20-18-35(23-29(41)42)16-14-34(22-28(39)40)15-17-36(19-21-37)24-30(43)44/h7-10,27H,3-6,11-24H2,1-2H3,(H,33,45)(H,39,40)(H,41,42)(H,43,44)(H,46,47)/p-3. The van der Waals surface area contributed by atoms with Crippen molar-refractivity contribution in [3.63, 3.8) is 0 Å². The quantitative estimate of drug-likeness (QED) is 0.129. The summed E-state index contributed by atoms with van der Waals surface area (Å²) in [4.78, 5) is 65.6. The molecule has 2 rings (SSSR count). The predicted octanol–water partition coefficient (Wildman–Crippen LogP) is -4.07. The minimum atomic E-state index is -3.71. The molecule has 1 fully saturated rings. The molecule has 0 bridgehead atoms. The summed E-state index contributed by atoms with van der Waals surface area (Å²) >= 11 is 0. The molecule has 282 valence electrons. The van der Waals surface area contributed by atoms with Gasteiger partial charge in [-0.25, -0.2) is 8.42 Å². The number of hydrogen-bond donors (Lipinski definition) is 2. The van der Waals surface area contributed by atoms with Gasteiger partial charge in [0.2, 0.25) is 10.0 Å². The Morgan fingerprint density at radius 3 is 1.56 bits per heavy atom. The molecule has 0 radical (unpaired) electrons. The number of carboxylic acid groups (broad SMARTS) is 4. The number of carboxylic acids is 4. The van der Waals surface area contributed by atoms with Crippen molar-refractivity contribution in [1.82, 2.24) is 29.2 Å². The van der Waals surface area contributed by atoms with Gasteiger partial charge in [0.05, 0.1) is 22.8 Å². The number of carbonyl (C=O) groups is 5. The molecule has 1 atom stereocenters. The van der Waals surface area contributed by atoms with Crippen LogP contribution < -0.4 is 20.6 Å². The summed E-state index contributed by atoms with van der Waals surface area (Å²) in [6.07, 6.45) is 1.67. The van der Waals surface area contributed by atoms with Crippen LogP contribution in [0.2, 0.25) is 0 Å². The largest absolute Gasteiger partial charge is 0.549 e. The fourth-order valence-electron chi connectivity index (χ4n) is 5.73. The third-order valence-electron chi connectivity index (χ3n) is 8.30. The van der Waals surface area contributed by atoms with Crippen LogP contribution >= 0.6 is 0 Å². The van der Waals surface area contributed by atoms with Crippen LogP contribution in [0.3, 0.4) is 0 Å². The van der Waals surface area contributed by atoms with Gasteiger partial charge in [0.15, 0.2) is 0 Å². The highest BCUT2D eigenvalue weighted by atomic mass is 32.2. The summed E-state index contributed by atoms with van der Waals surface area (Å²) in [5, 5.41) is 47.0. The Balaban J connectivity index is 2.11. The van der Waals surface area contributed by atoms with E-state index in [1.165, 1.54) is 43.3 Å². The number of benzene rings is 1. The lowest BCUT2D eigenvalue weighted by molar-refractivity contribution is -0.308. The third-order valence-corrected chi connectivity index (χ3v) is 10.2. The summed E-state index contributed by atoms with van der Waals surface area (Å²) in [7, 11) is -3.71. The maximum atomic E-state index is 13.0. The molecule has 50 heavy (non-hydrogen) atoms. The first-order valence-corrected chi connectivity index (χ1v) is 18.2. The molecule has 0 aliphatic carbocycles. The number of rotatable bonds is 19. The average Bonchev–Trinajstić information content (AvgIpc) is 3.04. The number of hydrogen-bond acceptors (Lipinski definition) is 14. The van der Waals surface area contributed by atoms with E-state index >= 15 is 0 Å². The molecule has 0 saturated carbocycles. The monoisotopic (exact) mass is 725 g/mol. The average molecular weight is 726 g/mol. The molecule has 1 aliphatic heterocycles. The highest BCUT2D eigenvalue weighted by molar-refractivity contribution is 7.89. The van der Waals surface area contributed by atoms with E-state index in [0.29, 0.717) is 25.9 Å². The Kier molecular flexibility index (Phi) is 18.3. The van der Waals surface area contributed by atoms with Gasteiger partial charge in [0, 0.05) is 97.2 Å². The first kappa shape index (κ1) is 42.5. The zero-order chi connectivity index (χ0) is 37.3. The van der Waals surface area contributed by atoms with Crippen LogP contribution in [-0.4, -0.2) is 165 Å². The molecule has 0 spiro atoms. The zero-order valence-electron chi connectivity index (χ0n) is 28.8. The summed E-state index contributed by atoms with van der Waals surface area (Å²) in [6.45, 7) is 4.23. The summed E-state index contributed by atoms with van der Waals surface area (Å²) in [6, 6.07) is 4.55. The molecular weight excluding hydrogens is 676 g/mol. The predicted molar refractivity (Wildman–Crippen MR) is 175 cm³/mol. The van der Waals surface area contributed by atoms with Crippen LogP contribution in [0, 0.1) is 0 Å². The molecule has 1 saturated heterocycles. The molecule has 1 unspecified atom stereocenters. The second kappa shape index (κ2) is 21.5. The van der Waals surface area contributed by atoms with Gasteiger partial charge >= 0.3 is 5.97 Å². The first-order valence-electron chi connectivity index (χ1n) is 16.8. The van der Waals surface area contributed by atoms with Crippen molar-refractivity contribution in [3.05, 3.63) is 29.8 Å². The number of aliphatic carboxylic acids is 4. The summed E-state index contributed by atoms with van der Waals surface area (Å²) in [5.41, 5.74) is 0.235. The Bertz CT molecular complexity index is 1340. The number of nitrogens with zero attached hydrogens (tertiary/aromatic N) is 5. The van der Waals surface area contributed by atoms with E-state index in [4.69, 9.17) is 0 Å². The SMILES string of the molecule is CCCN(CCC)S(=O)(=O)c1ccc(C(=O)NCCCC(C(=O)O)N2CCN(CC(=O)[O-])CCN(CC(=O)[O-])CCN(CC(=O)[O-])CC2)cc1. The van der Waals surface area contributed by atoms with Crippen molar-refractivity contribution in [1.29, 1.82) is 0 Å². The maximum absolute atomic E-state index is 13.0. The molecule has 1 aliphatic rings. The maximum Gasteiger partial charge on any atom is 0.320 e. The molecule has 1 amide bonds. The van der Waals surface area contributed by atoms with Crippen molar-refractivity contribution in [2.24, 2.45) is 0 Å². The van der Waals surface area contributed by atoms with Gasteiger partial charge in [-0.15, -0.1) is 0 Å². The van der Waals surface area contributed by atoms with Crippen molar-refractivity contribution in [2.45, 2.75) is 50.5 Å². The van der Waals surface area contributed by atoms with Crippen LogP contribution in [0.5, 0.6) is 0 Å². The van der Waals surface area contributed by atoms with Crippen molar-refractivity contribution >= 4 is 39.8 Å². The molecule has 2 N–H and O–H groups in total. The van der Waals surface area contributed by atoms with E-state index in [0.717, 1.165) is 0 Å². The molecule has 1 heterocycles. The van der Waals surface area contributed by atoms with Crippen LogP contribution in [0.4, 0.5) is 0 Å². The molecule has 0 aromatic heterocycles. The van der Waals surface area contributed by atoms with Gasteiger partial charge in [-0.2, -0.15) is 4.31 Å². The molecule has 1 aromatic rings. The Hall–Kier alpha value is -3.68. The first-order chi connectivity index (χ1) is 23.7. The minimum Gasteiger partial charge on any atom is -0.549 e. The van der Waals surface area contributed by atoms with Gasteiger partial charge < -0.3 is 40.1 Å². The Labute approximate surface area is 293 Å². The van der Waals surface area contributed by atoms with Crippen molar-refractivity contribution in [2.75, 3.05) is 91.6 Å². The van der Waals surface area contributed by atoms with E-state index in [1.54, 1.807) is 4.90 Å². The van der Waals surface area contributed by atoms with E-state index < -0.39 is 65.5 Å². The molecular formula is C32H49N6O11S-3. The fraction of sp³-hybridized carbons (Fsp3) is 0.656. The molecule has 18 heteroatoms. The van der Waals surface area contributed by atoms with E-state index in [2.05, 4.69) is 5.32 Å². The lowest BCUT2D eigenvalue weighted by atomic mass is 10.1. The smallest absolute Gasteiger partial charge is 0.320 e. The van der Waals surface area contributed by atoms with Crippen LogP contribution in [0.25, 0.3) is 0 Å². The lowest BCUT2D eigenvalue weighted by Crippen LogP contribution is -2.53. The van der Waals surface area contributed by atoms with Gasteiger partial charge in [-0.05, 0) is 49.9 Å². The summed E-state index contributed by atoms with van der Waals surface area (Å²) < 4.78 is 27.5. The van der Waals surface area contributed by atoms with Crippen molar-refractivity contribution in [3.8, 4) is 0 Å².